The van der Waals surface area contributed by atoms with Crippen molar-refractivity contribution in [1.82, 2.24) is 0 Å². The number of fused-ring (bicyclic) bond motifs is 1. The smallest absolute Gasteiger partial charge is 0.166 e. The molecule has 140 valence electrons. The van der Waals surface area contributed by atoms with Crippen molar-refractivity contribution in [2.75, 3.05) is 0 Å². The highest BCUT2D eigenvalue weighted by atomic mass is 32.2. The molecule has 28 heavy (non-hydrogen) atoms. The van der Waals surface area contributed by atoms with Gasteiger partial charge in [0, 0.05) is 15.4 Å². The lowest BCUT2D eigenvalue weighted by molar-refractivity contribution is -0.139. The number of hydrogen-bond donors (Lipinski definition) is 0. The quantitative estimate of drug-likeness (QED) is 0.339. The lowest BCUT2D eigenvalue weighted by atomic mass is 9.94. The zero-order valence-corrected chi connectivity index (χ0v) is 15.9. The molecule has 4 rings (SSSR count). The van der Waals surface area contributed by atoms with E-state index in [1.165, 1.54) is 6.07 Å². The van der Waals surface area contributed by atoms with Crippen molar-refractivity contribution < 1.29 is 13.2 Å². The number of rotatable bonds is 3. The molecule has 0 nitrogen and oxygen atoms in total. The second-order valence-corrected chi connectivity index (χ2v) is 7.72. The van der Waals surface area contributed by atoms with Crippen LogP contribution in [0.2, 0.25) is 0 Å². The van der Waals surface area contributed by atoms with E-state index in [1.807, 2.05) is 79.7 Å². The molecule has 0 atom stereocenters. The molecular weight excluding hydrogens is 377 g/mol. The van der Waals surface area contributed by atoms with E-state index in [1.54, 1.807) is 6.07 Å². The number of aryl methyl sites for hydroxylation is 1. The molecule has 0 aromatic heterocycles. The zero-order chi connectivity index (χ0) is 19.7. The fourth-order valence-corrected chi connectivity index (χ4v) is 4.45. The standard InChI is InChI=1S/C24H17F3S/c1-16-12-13-18-15-21(24(25,26)27)23(28-19-10-6-3-7-11-19)22(20(18)14-16)17-8-4-2-5-9-17/h2-15H,1H3. The summed E-state index contributed by atoms with van der Waals surface area (Å²) in [6, 6.07) is 25.4. The average molecular weight is 394 g/mol. The number of alkyl halides is 3. The van der Waals surface area contributed by atoms with Gasteiger partial charge in [-0.3, -0.25) is 0 Å². The van der Waals surface area contributed by atoms with E-state index in [0.717, 1.165) is 33.2 Å². The molecule has 0 aliphatic carbocycles. The highest BCUT2D eigenvalue weighted by Gasteiger charge is 2.36. The first-order chi connectivity index (χ1) is 13.4. The molecule has 4 aromatic rings. The topological polar surface area (TPSA) is 0 Å². The second kappa shape index (κ2) is 7.36. The summed E-state index contributed by atoms with van der Waals surface area (Å²) in [6.45, 7) is 1.95. The predicted molar refractivity (Wildman–Crippen MR) is 110 cm³/mol. The molecule has 4 heteroatoms. The summed E-state index contributed by atoms with van der Waals surface area (Å²) in [6.07, 6.45) is -4.44. The number of hydrogen-bond acceptors (Lipinski definition) is 1. The monoisotopic (exact) mass is 394 g/mol. The molecule has 0 aliphatic rings. The van der Waals surface area contributed by atoms with Gasteiger partial charge in [-0.1, -0.05) is 84.1 Å². The van der Waals surface area contributed by atoms with Crippen LogP contribution in [0, 0.1) is 6.92 Å². The molecule has 0 heterocycles. The van der Waals surface area contributed by atoms with Gasteiger partial charge in [0.1, 0.15) is 0 Å². The van der Waals surface area contributed by atoms with E-state index in [9.17, 15) is 13.2 Å². The number of benzene rings is 4. The Labute approximate surface area is 166 Å². The van der Waals surface area contributed by atoms with Crippen molar-refractivity contribution >= 4 is 22.5 Å². The van der Waals surface area contributed by atoms with E-state index in [2.05, 4.69) is 0 Å². The Morgan fingerprint density at radius 3 is 2.04 bits per heavy atom. The Bertz CT molecular complexity index is 1120. The summed E-state index contributed by atoms with van der Waals surface area (Å²) in [5.74, 6) is 0. The van der Waals surface area contributed by atoms with Crippen LogP contribution in [0.5, 0.6) is 0 Å². The van der Waals surface area contributed by atoms with E-state index in [0.29, 0.717) is 10.9 Å². The summed E-state index contributed by atoms with van der Waals surface area (Å²) in [4.78, 5) is 1.01. The van der Waals surface area contributed by atoms with Crippen molar-refractivity contribution in [3.63, 3.8) is 0 Å². The van der Waals surface area contributed by atoms with Crippen LogP contribution < -0.4 is 0 Å². The van der Waals surface area contributed by atoms with Gasteiger partial charge in [0.2, 0.25) is 0 Å². The third-order valence-electron chi connectivity index (χ3n) is 4.58. The Kier molecular flexibility index (Phi) is 4.90. The summed E-state index contributed by atoms with van der Waals surface area (Å²) in [7, 11) is 0. The summed E-state index contributed by atoms with van der Waals surface area (Å²) >= 11 is 1.16. The van der Waals surface area contributed by atoms with Gasteiger partial charge < -0.3 is 0 Å². The van der Waals surface area contributed by atoms with Gasteiger partial charge in [-0.15, -0.1) is 0 Å². The van der Waals surface area contributed by atoms with Gasteiger partial charge in [-0.25, -0.2) is 0 Å². The van der Waals surface area contributed by atoms with Crippen LogP contribution in [0.25, 0.3) is 21.9 Å². The Hall–Kier alpha value is -2.72. The van der Waals surface area contributed by atoms with Gasteiger partial charge in [-0.2, -0.15) is 13.2 Å². The van der Waals surface area contributed by atoms with E-state index in [-0.39, 0.29) is 4.90 Å². The normalized spacial score (nSPS) is 11.7. The minimum Gasteiger partial charge on any atom is -0.166 e. The Morgan fingerprint density at radius 2 is 1.39 bits per heavy atom. The van der Waals surface area contributed by atoms with Gasteiger partial charge in [-0.05, 0) is 41.5 Å². The molecule has 0 aliphatic heterocycles. The molecule has 0 saturated heterocycles. The van der Waals surface area contributed by atoms with Gasteiger partial charge in [0.25, 0.3) is 0 Å². The van der Waals surface area contributed by atoms with Crippen molar-refractivity contribution in [2.45, 2.75) is 22.9 Å². The first-order valence-electron chi connectivity index (χ1n) is 8.86. The molecule has 4 aromatic carbocycles. The van der Waals surface area contributed by atoms with Crippen LogP contribution in [0.15, 0.2) is 94.7 Å². The summed E-state index contributed by atoms with van der Waals surface area (Å²) < 4.78 is 42.1. The Morgan fingerprint density at radius 1 is 0.750 bits per heavy atom. The van der Waals surface area contributed by atoms with Gasteiger partial charge in [0.05, 0.1) is 5.56 Å². The minimum absolute atomic E-state index is 0.239. The van der Waals surface area contributed by atoms with Crippen molar-refractivity contribution in [2.24, 2.45) is 0 Å². The Balaban J connectivity index is 2.10. The van der Waals surface area contributed by atoms with Crippen molar-refractivity contribution in [3.8, 4) is 11.1 Å². The molecule has 0 amide bonds. The maximum absolute atomic E-state index is 14.0. The molecule has 0 radical (unpaired) electrons. The summed E-state index contributed by atoms with van der Waals surface area (Å²) in [5.41, 5.74) is 1.82. The van der Waals surface area contributed by atoms with Crippen molar-refractivity contribution in [1.29, 1.82) is 0 Å². The van der Waals surface area contributed by atoms with Crippen LogP contribution in [-0.2, 0) is 6.18 Å². The zero-order valence-electron chi connectivity index (χ0n) is 15.1. The maximum atomic E-state index is 14.0. The lowest BCUT2D eigenvalue weighted by Gasteiger charge is -2.20. The van der Waals surface area contributed by atoms with E-state index in [4.69, 9.17) is 0 Å². The first-order valence-corrected chi connectivity index (χ1v) is 9.68. The van der Waals surface area contributed by atoms with Crippen LogP contribution in [0.3, 0.4) is 0 Å². The fourth-order valence-electron chi connectivity index (χ4n) is 3.30. The fraction of sp³-hybridized carbons (Fsp3) is 0.0833. The highest BCUT2D eigenvalue weighted by molar-refractivity contribution is 7.99. The lowest BCUT2D eigenvalue weighted by Crippen LogP contribution is -2.08. The molecule has 0 fully saturated rings. The van der Waals surface area contributed by atoms with E-state index >= 15 is 0 Å². The van der Waals surface area contributed by atoms with Crippen LogP contribution in [-0.4, -0.2) is 0 Å². The van der Waals surface area contributed by atoms with Crippen molar-refractivity contribution in [3.05, 3.63) is 96.1 Å². The van der Waals surface area contributed by atoms with Crippen LogP contribution in [0.1, 0.15) is 11.1 Å². The minimum atomic E-state index is -4.44. The third kappa shape index (κ3) is 3.65. The molecular formula is C24H17F3S. The molecule has 0 saturated carbocycles. The van der Waals surface area contributed by atoms with E-state index < -0.39 is 11.7 Å². The van der Waals surface area contributed by atoms with Crippen LogP contribution in [0.4, 0.5) is 13.2 Å². The SMILES string of the molecule is Cc1ccc2cc(C(F)(F)F)c(Sc3ccccc3)c(-c3ccccc3)c2c1. The molecule has 0 N–H and O–H groups in total. The van der Waals surface area contributed by atoms with Crippen LogP contribution >= 0.6 is 11.8 Å². The molecule has 0 unspecified atom stereocenters. The van der Waals surface area contributed by atoms with Gasteiger partial charge in [0.15, 0.2) is 0 Å². The summed E-state index contributed by atoms with van der Waals surface area (Å²) in [5, 5.41) is 1.42. The third-order valence-corrected chi connectivity index (χ3v) is 5.72. The highest BCUT2D eigenvalue weighted by Crippen LogP contribution is 2.48. The average Bonchev–Trinajstić information content (AvgIpc) is 2.68. The predicted octanol–water partition coefficient (Wildman–Crippen LogP) is 7.99. The molecule has 0 spiro atoms. The first kappa shape index (κ1) is 18.6. The largest absolute Gasteiger partial charge is 0.417 e. The molecule has 0 bridgehead atoms. The number of halogens is 3. The second-order valence-electron chi connectivity index (χ2n) is 6.63. The van der Waals surface area contributed by atoms with Gasteiger partial charge >= 0.3 is 6.18 Å². The maximum Gasteiger partial charge on any atom is 0.417 e.